The number of benzene rings is 1. The fourth-order valence-electron chi connectivity index (χ4n) is 4.57. The zero-order valence-electron chi connectivity index (χ0n) is 19.3. The molecule has 0 bridgehead atoms. The van der Waals surface area contributed by atoms with Crippen molar-refractivity contribution in [3.05, 3.63) is 108 Å². The first-order chi connectivity index (χ1) is 17.7. The van der Waals surface area contributed by atoms with E-state index in [2.05, 4.69) is 26.1 Å². The Labute approximate surface area is 206 Å². The van der Waals surface area contributed by atoms with Crippen LogP contribution in [0, 0.1) is 11.3 Å². The number of nitriles is 1. The Hall–Kier alpha value is -5.23. The van der Waals surface area contributed by atoms with E-state index in [0.717, 1.165) is 33.8 Å². The largest absolute Gasteiger partial charge is 0.422 e. The Morgan fingerprint density at radius 2 is 1.78 bits per heavy atom. The van der Waals surface area contributed by atoms with E-state index in [1.54, 1.807) is 42.7 Å². The number of ether oxygens (including phenoxy) is 1. The molecule has 5 heterocycles. The van der Waals surface area contributed by atoms with Gasteiger partial charge in [0, 0.05) is 61.0 Å². The fraction of sp³-hybridized carbons (Fsp3) is 0.0741. The van der Waals surface area contributed by atoms with Crippen LogP contribution in [0.15, 0.2) is 97.2 Å². The third-order valence-electron chi connectivity index (χ3n) is 6.22. The molecule has 1 aliphatic heterocycles. The van der Waals surface area contributed by atoms with Gasteiger partial charge in [0.15, 0.2) is 0 Å². The molecule has 1 atom stereocenters. The summed E-state index contributed by atoms with van der Waals surface area (Å²) in [6.07, 6.45) is 10.6. The zero-order chi connectivity index (χ0) is 24.6. The highest BCUT2D eigenvalue weighted by Crippen LogP contribution is 2.46. The van der Waals surface area contributed by atoms with Crippen LogP contribution in [0.5, 0.6) is 5.88 Å². The molecule has 1 aromatic carbocycles. The number of hydrogen-bond acceptors (Lipinski definition) is 7. The van der Waals surface area contributed by atoms with Crippen LogP contribution in [0.25, 0.3) is 28.3 Å². The Kier molecular flexibility index (Phi) is 5.05. The highest BCUT2D eigenvalue weighted by molar-refractivity contribution is 5.70. The van der Waals surface area contributed by atoms with Gasteiger partial charge in [-0.1, -0.05) is 12.1 Å². The van der Waals surface area contributed by atoms with Gasteiger partial charge in [0.2, 0.25) is 11.8 Å². The average molecular weight is 473 g/mol. The molecule has 0 saturated carbocycles. The second-order valence-electron chi connectivity index (χ2n) is 8.31. The van der Waals surface area contributed by atoms with Crippen LogP contribution in [0.3, 0.4) is 0 Å². The van der Waals surface area contributed by atoms with Crippen LogP contribution in [0.2, 0.25) is 0 Å². The van der Waals surface area contributed by atoms with Gasteiger partial charge in [-0.3, -0.25) is 14.5 Å². The molecule has 0 radical (unpaired) electrons. The molecule has 0 spiro atoms. The number of rotatable bonds is 4. The molecule has 9 heteroatoms. The Morgan fingerprint density at radius 1 is 0.972 bits per heavy atom. The van der Waals surface area contributed by atoms with E-state index in [1.807, 2.05) is 59.3 Å². The number of hydrogen-bond donors (Lipinski definition) is 1. The molecule has 1 unspecified atom stereocenters. The van der Waals surface area contributed by atoms with Crippen molar-refractivity contribution in [3.63, 3.8) is 0 Å². The number of pyridine rings is 2. The molecule has 0 amide bonds. The van der Waals surface area contributed by atoms with E-state index in [-0.39, 0.29) is 5.88 Å². The summed E-state index contributed by atoms with van der Waals surface area (Å²) in [6.45, 7) is 0. The van der Waals surface area contributed by atoms with E-state index in [1.165, 1.54) is 0 Å². The molecule has 36 heavy (non-hydrogen) atoms. The molecule has 6 rings (SSSR count). The van der Waals surface area contributed by atoms with Gasteiger partial charge >= 0.3 is 0 Å². The van der Waals surface area contributed by atoms with Crippen molar-refractivity contribution in [3.8, 4) is 40.3 Å². The summed E-state index contributed by atoms with van der Waals surface area (Å²) in [5.74, 6) is 0.953. The highest BCUT2D eigenvalue weighted by Gasteiger charge is 2.36. The minimum atomic E-state index is -0.445. The molecule has 5 aromatic rings. The van der Waals surface area contributed by atoms with E-state index in [4.69, 9.17) is 10.5 Å². The van der Waals surface area contributed by atoms with Crippen LogP contribution in [0.1, 0.15) is 17.0 Å². The first-order valence-electron chi connectivity index (χ1n) is 11.2. The summed E-state index contributed by atoms with van der Waals surface area (Å²) in [5.41, 5.74) is 11.7. The number of nitrogens with zero attached hydrogens (tertiary/aromatic N) is 7. The molecule has 2 N–H and O–H groups in total. The summed E-state index contributed by atoms with van der Waals surface area (Å²) in [7, 11) is 1.79. The monoisotopic (exact) mass is 472 g/mol. The van der Waals surface area contributed by atoms with Crippen LogP contribution in [-0.4, -0.2) is 29.3 Å². The van der Waals surface area contributed by atoms with Gasteiger partial charge in [0.25, 0.3) is 0 Å². The fourth-order valence-corrected chi connectivity index (χ4v) is 4.57. The lowest BCUT2D eigenvalue weighted by Gasteiger charge is -2.25. The van der Waals surface area contributed by atoms with Crippen LogP contribution < -0.4 is 10.5 Å². The summed E-state index contributed by atoms with van der Waals surface area (Å²) >= 11 is 0. The topological polar surface area (TPSA) is 120 Å². The van der Waals surface area contributed by atoms with E-state index in [0.29, 0.717) is 17.1 Å². The van der Waals surface area contributed by atoms with E-state index < -0.39 is 5.92 Å². The zero-order valence-corrected chi connectivity index (χ0v) is 19.3. The van der Waals surface area contributed by atoms with Gasteiger partial charge in [0.1, 0.15) is 23.2 Å². The summed E-state index contributed by atoms with van der Waals surface area (Å²) in [4.78, 5) is 12.9. The molecule has 0 fully saturated rings. The number of aryl methyl sites for hydroxylation is 1. The molecule has 0 saturated heterocycles. The minimum absolute atomic E-state index is 0.0781. The molecule has 4 aromatic heterocycles. The molecule has 0 aliphatic carbocycles. The number of nitrogens with two attached hydrogens (primary N) is 1. The maximum Gasteiger partial charge on any atom is 0.224 e. The summed E-state index contributed by atoms with van der Waals surface area (Å²) in [5, 5.41) is 14.7. The number of imidazole rings is 1. The van der Waals surface area contributed by atoms with Gasteiger partial charge in [-0.25, -0.2) is 9.67 Å². The predicted molar refractivity (Wildman–Crippen MR) is 133 cm³/mol. The average Bonchev–Trinajstić information content (AvgIpc) is 3.54. The Bertz CT molecular complexity index is 1630. The van der Waals surface area contributed by atoms with Crippen LogP contribution in [-0.2, 0) is 7.05 Å². The quantitative estimate of drug-likeness (QED) is 0.420. The van der Waals surface area contributed by atoms with Gasteiger partial charge in [-0.05, 0) is 42.0 Å². The summed E-state index contributed by atoms with van der Waals surface area (Å²) in [6, 6.07) is 17.9. The second-order valence-corrected chi connectivity index (χ2v) is 8.31. The minimum Gasteiger partial charge on any atom is -0.422 e. The van der Waals surface area contributed by atoms with E-state index >= 15 is 0 Å². The number of fused-ring (bicyclic) bond motifs is 1. The number of allylic oxidation sites excluding steroid dienone is 1. The van der Waals surface area contributed by atoms with Crippen LogP contribution in [0.4, 0.5) is 0 Å². The third-order valence-corrected chi connectivity index (χ3v) is 6.22. The van der Waals surface area contributed by atoms with Crippen molar-refractivity contribution < 1.29 is 4.74 Å². The van der Waals surface area contributed by atoms with Crippen molar-refractivity contribution in [2.24, 2.45) is 12.8 Å². The maximum absolute atomic E-state index is 10.0. The summed E-state index contributed by atoms with van der Waals surface area (Å²) < 4.78 is 9.52. The van der Waals surface area contributed by atoms with Crippen molar-refractivity contribution in [1.29, 1.82) is 5.26 Å². The van der Waals surface area contributed by atoms with Crippen molar-refractivity contribution in [1.82, 2.24) is 29.3 Å². The lowest BCUT2D eigenvalue weighted by atomic mass is 9.83. The molecular formula is C27H20N8O. The third kappa shape index (κ3) is 3.40. The van der Waals surface area contributed by atoms with Gasteiger partial charge in [-0.15, -0.1) is 0 Å². The maximum atomic E-state index is 10.0. The lowest BCUT2D eigenvalue weighted by molar-refractivity contribution is 0.358. The van der Waals surface area contributed by atoms with Crippen molar-refractivity contribution in [2.45, 2.75) is 5.92 Å². The lowest BCUT2D eigenvalue weighted by Crippen LogP contribution is -2.21. The molecule has 9 nitrogen and oxygen atoms in total. The molecular weight excluding hydrogens is 452 g/mol. The number of aromatic nitrogens is 6. The van der Waals surface area contributed by atoms with Crippen molar-refractivity contribution >= 4 is 0 Å². The van der Waals surface area contributed by atoms with Gasteiger partial charge < -0.3 is 10.5 Å². The SMILES string of the molecule is Cn1nc(-c2cccnc2)c2c1OC(N)=C(C#N)C2c1ccc(-n2ccnc2-c2ccncc2)cc1. The second kappa shape index (κ2) is 8.52. The molecule has 174 valence electrons. The van der Waals surface area contributed by atoms with Gasteiger partial charge in [-0.2, -0.15) is 10.4 Å². The van der Waals surface area contributed by atoms with Crippen LogP contribution >= 0.6 is 0 Å². The Balaban J connectivity index is 1.46. The van der Waals surface area contributed by atoms with Gasteiger partial charge in [0.05, 0.1) is 11.5 Å². The smallest absolute Gasteiger partial charge is 0.224 e. The normalized spacial score (nSPS) is 14.7. The van der Waals surface area contributed by atoms with E-state index in [9.17, 15) is 5.26 Å². The first-order valence-corrected chi connectivity index (χ1v) is 11.2. The predicted octanol–water partition coefficient (Wildman–Crippen LogP) is 3.95. The first kappa shape index (κ1) is 21.3. The standard InChI is InChI=1S/C27H20N8O/c1-34-27-23(24(33-34)19-3-2-10-31-16-19)22(21(15-28)25(29)36-27)17-4-6-20(7-5-17)35-14-13-32-26(35)18-8-11-30-12-9-18/h2-14,16,22H,29H2,1H3. The molecule has 1 aliphatic rings. The Morgan fingerprint density at radius 3 is 2.50 bits per heavy atom. The highest BCUT2D eigenvalue weighted by atomic mass is 16.5. The van der Waals surface area contributed by atoms with Crippen molar-refractivity contribution in [2.75, 3.05) is 0 Å².